The van der Waals surface area contributed by atoms with Gasteiger partial charge in [0.15, 0.2) is 0 Å². The van der Waals surface area contributed by atoms with E-state index >= 15 is 0 Å². The van der Waals surface area contributed by atoms with Gasteiger partial charge in [0.25, 0.3) is 0 Å². The number of hydrogen-bond donors (Lipinski definition) is 0. The molecule has 0 unspecified atom stereocenters. The van der Waals surface area contributed by atoms with E-state index < -0.39 is 0 Å². The summed E-state index contributed by atoms with van der Waals surface area (Å²) in [4.78, 5) is 2.40. The van der Waals surface area contributed by atoms with Crippen molar-refractivity contribution in [2.24, 2.45) is 0 Å². The van der Waals surface area contributed by atoms with Crippen LogP contribution in [0.15, 0.2) is 160 Å². The minimum atomic E-state index is 0.870. The van der Waals surface area contributed by atoms with Crippen LogP contribution in [0.1, 0.15) is 0 Å². The Morgan fingerprint density at radius 3 is 1.80 bits per heavy atom. The lowest BCUT2D eigenvalue weighted by Crippen LogP contribution is -2.11. The molecule has 0 spiro atoms. The third kappa shape index (κ3) is 3.52. The van der Waals surface area contributed by atoms with Gasteiger partial charge < -0.3 is 13.7 Å². The molecular weight excluding hydrogens is 550 g/mol. The van der Waals surface area contributed by atoms with Gasteiger partial charge in [-0.2, -0.15) is 0 Å². The summed E-state index contributed by atoms with van der Waals surface area (Å²) in [6, 6.07) is 53.7. The molecule has 10 rings (SSSR count). The van der Waals surface area contributed by atoms with Crippen LogP contribution in [0, 0.1) is 0 Å². The lowest BCUT2D eigenvalue weighted by atomic mass is 9.95. The van der Waals surface area contributed by atoms with Crippen molar-refractivity contribution in [2.75, 3.05) is 4.90 Å². The Morgan fingerprint density at radius 2 is 0.956 bits per heavy atom. The maximum Gasteiger partial charge on any atom is 0.138 e. The number of anilines is 3. The summed E-state index contributed by atoms with van der Waals surface area (Å²) < 4.78 is 12.9. The number of rotatable bonds is 3. The Morgan fingerprint density at radius 1 is 0.333 bits per heavy atom. The summed E-state index contributed by atoms with van der Waals surface area (Å²) in [5.74, 6) is 0. The van der Waals surface area contributed by atoms with Crippen LogP contribution in [0.4, 0.5) is 17.1 Å². The quantitative estimate of drug-likeness (QED) is 0.196. The Kier molecular flexibility index (Phi) is 5.00. The normalized spacial score (nSPS) is 12.0. The molecule has 0 amide bonds. The van der Waals surface area contributed by atoms with Crippen molar-refractivity contribution in [3.05, 3.63) is 152 Å². The van der Waals surface area contributed by atoms with Gasteiger partial charge >= 0.3 is 0 Å². The molecule has 2 heterocycles. The van der Waals surface area contributed by atoms with E-state index in [2.05, 4.69) is 138 Å². The smallest absolute Gasteiger partial charge is 0.138 e. The summed E-state index contributed by atoms with van der Waals surface area (Å²) in [5.41, 5.74) is 6.74. The molecule has 0 bridgehead atoms. The topological polar surface area (TPSA) is 29.5 Å². The Balaban J connectivity index is 1.38. The SMILES string of the molecule is c1ccc2c(N(c3ccc4oc5ccccc5c4c3)c3cc4oc5ccccc5c4c4c3ccc3ccccc34)cccc2c1. The summed E-state index contributed by atoms with van der Waals surface area (Å²) >= 11 is 0. The second-order valence-electron chi connectivity index (χ2n) is 11.7. The lowest BCUT2D eigenvalue weighted by molar-refractivity contribution is 0.668. The van der Waals surface area contributed by atoms with E-state index in [-0.39, 0.29) is 0 Å². The Bertz CT molecular complexity index is 2780. The highest BCUT2D eigenvalue weighted by molar-refractivity contribution is 6.30. The minimum absolute atomic E-state index is 0.870. The highest BCUT2D eigenvalue weighted by Crippen LogP contribution is 2.48. The van der Waals surface area contributed by atoms with Crippen molar-refractivity contribution in [1.29, 1.82) is 0 Å². The monoisotopic (exact) mass is 575 g/mol. The van der Waals surface area contributed by atoms with Crippen molar-refractivity contribution in [3.8, 4) is 0 Å². The predicted molar refractivity (Wildman–Crippen MR) is 188 cm³/mol. The standard InChI is InChI=1S/C42H25NO2/c1-3-13-29-26(10-1)12-9-17-35(29)43(28-21-23-39-34(24-28)31-15-5-7-18-37(31)44-39)36-25-40-42(33-16-6-8-19-38(33)45-40)41-30-14-4-2-11-27(30)20-22-32(36)41/h1-25H. The molecule has 3 heteroatoms. The van der Waals surface area contributed by atoms with Crippen molar-refractivity contribution in [3.63, 3.8) is 0 Å². The number of furan rings is 2. The van der Waals surface area contributed by atoms with Gasteiger partial charge in [0.2, 0.25) is 0 Å². The average Bonchev–Trinajstić information content (AvgIpc) is 3.66. The van der Waals surface area contributed by atoms with Gasteiger partial charge in [-0.3, -0.25) is 0 Å². The van der Waals surface area contributed by atoms with Crippen molar-refractivity contribution >= 4 is 93.3 Å². The zero-order valence-corrected chi connectivity index (χ0v) is 24.2. The fourth-order valence-electron chi connectivity index (χ4n) is 7.23. The molecule has 3 nitrogen and oxygen atoms in total. The molecular formula is C42H25NO2. The molecule has 45 heavy (non-hydrogen) atoms. The number of fused-ring (bicyclic) bond motifs is 11. The molecule has 210 valence electrons. The first-order chi connectivity index (χ1) is 22.3. The number of benzene rings is 8. The van der Waals surface area contributed by atoms with E-state index in [1.807, 2.05) is 18.2 Å². The predicted octanol–water partition coefficient (Wildman–Crippen LogP) is 12.4. The van der Waals surface area contributed by atoms with Crippen LogP contribution in [0.25, 0.3) is 76.2 Å². The molecule has 0 saturated heterocycles. The molecule has 0 aliphatic carbocycles. The zero-order valence-electron chi connectivity index (χ0n) is 24.2. The van der Waals surface area contributed by atoms with Crippen LogP contribution in [0.3, 0.4) is 0 Å². The first-order valence-electron chi connectivity index (χ1n) is 15.3. The van der Waals surface area contributed by atoms with E-state index in [4.69, 9.17) is 8.83 Å². The van der Waals surface area contributed by atoms with Gasteiger partial charge in [-0.05, 0) is 52.6 Å². The van der Waals surface area contributed by atoms with Gasteiger partial charge in [0.1, 0.15) is 22.3 Å². The van der Waals surface area contributed by atoms with Crippen molar-refractivity contribution in [1.82, 2.24) is 0 Å². The van der Waals surface area contributed by atoms with Gasteiger partial charge in [0.05, 0.1) is 11.4 Å². The molecule has 10 aromatic rings. The maximum absolute atomic E-state index is 6.63. The summed E-state index contributed by atoms with van der Waals surface area (Å²) in [5, 5.41) is 11.6. The maximum atomic E-state index is 6.63. The van der Waals surface area contributed by atoms with Crippen molar-refractivity contribution < 1.29 is 8.83 Å². The fourth-order valence-corrected chi connectivity index (χ4v) is 7.23. The molecule has 0 radical (unpaired) electrons. The molecule has 0 fully saturated rings. The number of para-hydroxylation sites is 2. The van der Waals surface area contributed by atoms with E-state index in [9.17, 15) is 0 Å². The van der Waals surface area contributed by atoms with Crippen LogP contribution in [-0.4, -0.2) is 0 Å². The van der Waals surface area contributed by atoms with E-state index in [1.54, 1.807) is 0 Å². The molecule has 0 saturated carbocycles. The molecule has 0 aliphatic heterocycles. The second kappa shape index (κ2) is 9.22. The van der Waals surface area contributed by atoms with Crippen LogP contribution in [0.5, 0.6) is 0 Å². The third-order valence-electron chi connectivity index (χ3n) is 9.21. The zero-order chi connectivity index (χ0) is 29.5. The average molecular weight is 576 g/mol. The molecule has 2 aromatic heterocycles. The van der Waals surface area contributed by atoms with Gasteiger partial charge in [-0.1, -0.05) is 109 Å². The van der Waals surface area contributed by atoms with Crippen LogP contribution in [0.2, 0.25) is 0 Å². The van der Waals surface area contributed by atoms with Gasteiger partial charge in [0, 0.05) is 49.5 Å². The van der Waals surface area contributed by atoms with Crippen LogP contribution >= 0.6 is 0 Å². The molecule has 0 aliphatic rings. The summed E-state index contributed by atoms with van der Waals surface area (Å²) in [6.45, 7) is 0. The van der Waals surface area contributed by atoms with Crippen LogP contribution < -0.4 is 4.90 Å². The van der Waals surface area contributed by atoms with E-state index in [0.29, 0.717) is 0 Å². The fraction of sp³-hybridized carbons (Fsp3) is 0. The molecule has 0 atom stereocenters. The Labute approximate surface area is 258 Å². The van der Waals surface area contributed by atoms with Crippen LogP contribution in [-0.2, 0) is 0 Å². The van der Waals surface area contributed by atoms with Gasteiger partial charge in [-0.15, -0.1) is 0 Å². The summed E-state index contributed by atoms with van der Waals surface area (Å²) in [6.07, 6.45) is 0. The lowest BCUT2D eigenvalue weighted by Gasteiger charge is -2.28. The Hall–Kier alpha value is -6.06. The highest BCUT2D eigenvalue weighted by atomic mass is 16.3. The minimum Gasteiger partial charge on any atom is -0.456 e. The van der Waals surface area contributed by atoms with E-state index in [1.165, 1.54) is 26.9 Å². The van der Waals surface area contributed by atoms with Crippen molar-refractivity contribution in [2.45, 2.75) is 0 Å². The number of nitrogens with zero attached hydrogens (tertiary/aromatic N) is 1. The van der Waals surface area contributed by atoms with Gasteiger partial charge in [-0.25, -0.2) is 0 Å². The first kappa shape index (κ1) is 24.4. The summed E-state index contributed by atoms with van der Waals surface area (Å²) in [7, 11) is 0. The molecule has 8 aromatic carbocycles. The van der Waals surface area contributed by atoms with E-state index in [0.717, 1.165) is 66.3 Å². The first-order valence-corrected chi connectivity index (χ1v) is 15.3. The molecule has 0 N–H and O–H groups in total. The third-order valence-corrected chi connectivity index (χ3v) is 9.21. The second-order valence-corrected chi connectivity index (χ2v) is 11.7. The highest BCUT2D eigenvalue weighted by Gasteiger charge is 2.23. The largest absolute Gasteiger partial charge is 0.456 e. The number of hydrogen-bond acceptors (Lipinski definition) is 3.